The van der Waals surface area contributed by atoms with Gasteiger partial charge in [0.05, 0.1) is 0 Å². The number of hydrogen-bond donors (Lipinski definition) is 3. The number of carbonyl (C=O) groups is 1. The van der Waals surface area contributed by atoms with E-state index in [-0.39, 0.29) is 12.5 Å². The highest BCUT2D eigenvalue weighted by atomic mass is 16.5. The molecule has 6 nitrogen and oxygen atoms in total. The molecule has 4 rings (SSSR count). The number of ether oxygens (including phenoxy) is 2. The molecule has 1 amide bonds. The van der Waals surface area contributed by atoms with Crippen LogP contribution in [0.25, 0.3) is 6.08 Å². The summed E-state index contributed by atoms with van der Waals surface area (Å²) in [6.45, 7) is 0.322. The highest BCUT2D eigenvalue weighted by Crippen LogP contribution is 2.39. The zero-order chi connectivity index (χ0) is 20.5. The molecule has 0 aliphatic carbocycles. The van der Waals surface area contributed by atoms with Crippen LogP contribution in [0.2, 0.25) is 0 Å². The number of amides is 1. The van der Waals surface area contributed by atoms with Gasteiger partial charge in [0, 0.05) is 12.1 Å². The third-order valence-electron chi connectivity index (χ3n) is 4.27. The number of rotatable bonds is 5. The highest BCUT2D eigenvalue weighted by Gasteiger charge is 2.24. The molecule has 1 aliphatic heterocycles. The van der Waals surface area contributed by atoms with Gasteiger partial charge in [-0.3, -0.25) is 4.79 Å². The fraction of sp³-hybridized carbons (Fsp3) is 0.0870. The molecule has 29 heavy (non-hydrogen) atoms. The molecule has 0 saturated carbocycles. The van der Waals surface area contributed by atoms with E-state index in [1.807, 2.05) is 84.9 Å². The van der Waals surface area contributed by atoms with Crippen LogP contribution in [-0.2, 0) is 4.79 Å². The maximum Gasteiger partial charge on any atom is 0.204 e. The Bertz CT molecular complexity index is 959. The fourth-order valence-electron chi connectivity index (χ4n) is 3.06. The van der Waals surface area contributed by atoms with Gasteiger partial charge < -0.3 is 20.4 Å². The molecule has 3 aromatic rings. The molecule has 0 spiro atoms. The molecule has 3 aromatic carbocycles. The Kier molecular flexibility index (Phi) is 7.00. The monoisotopic (exact) mass is 390 g/mol. The molecule has 6 heteroatoms. The van der Waals surface area contributed by atoms with E-state index in [1.54, 1.807) is 0 Å². The van der Waals surface area contributed by atoms with Crippen molar-refractivity contribution in [3.05, 3.63) is 95.6 Å². The Morgan fingerprint density at radius 2 is 1.66 bits per heavy atom. The third kappa shape index (κ3) is 5.22. The van der Waals surface area contributed by atoms with E-state index in [0.29, 0.717) is 6.54 Å². The number of primary amides is 1. The number of hydroxylamine groups is 1. The van der Waals surface area contributed by atoms with Gasteiger partial charge in [0.2, 0.25) is 6.41 Å². The summed E-state index contributed by atoms with van der Waals surface area (Å²) in [4.78, 5) is 8.58. The number of fused-ring (bicyclic) bond motifs is 1. The van der Waals surface area contributed by atoms with Crippen molar-refractivity contribution in [3.63, 3.8) is 0 Å². The van der Waals surface area contributed by atoms with Gasteiger partial charge in [0.1, 0.15) is 23.4 Å². The van der Waals surface area contributed by atoms with E-state index >= 15 is 0 Å². The van der Waals surface area contributed by atoms with Gasteiger partial charge in [-0.15, -0.1) is 0 Å². The predicted octanol–water partition coefficient (Wildman–Crippen LogP) is 4.08. The minimum atomic E-state index is -0.232. The zero-order valence-electron chi connectivity index (χ0n) is 15.7. The smallest absolute Gasteiger partial charge is 0.204 e. The topological polar surface area (TPSA) is 93.8 Å². The van der Waals surface area contributed by atoms with Crippen LogP contribution in [0.4, 0.5) is 0 Å². The highest BCUT2D eigenvalue weighted by molar-refractivity contribution is 5.66. The van der Waals surface area contributed by atoms with Crippen LogP contribution in [-0.4, -0.2) is 18.2 Å². The lowest BCUT2D eigenvalue weighted by molar-refractivity contribution is -0.106. The maximum absolute atomic E-state index is 9.21. The molecular formula is C23H22N2O4. The predicted molar refractivity (Wildman–Crippen MR) is 111 cm³/mol. The Balaban J connectivity index is 0.000000755. The molecule has 1 unspecified atom stereocenters. The number of benzene rings is 3. The zero-order valence-corrected chi connectivity index (χ0v) is 15.7. The molecular weight excluding hydrogens is 368 g/mol. The van der Waals surface area contributed by atoms with Gasteiger partial charge in [0.15, 0.2) is 0 Å². The van der Waals surface area contributed by atoms with Gasteiger partial charge in [-0.05, 0) is 47.5 Å². The molecule has 1 aliphatic rings. The Labute approximate surface area is 169 Å². The lowest BCUT2D eigenvalue weighted by atomic mass is 9.96. The summed E-state index contributed by atoms with van der Waals surface area (Å²) < 4.78 is 12.1. The van der Waals surface area contributed by atoms with Gasteiger partial charge in [-0.2, -0.15) is 0 Å². The largest absolute Gasteiger partial charge is 0.481 e. The van der Waals surface area contributed by atoms with Gasteiger partial charge in [-0.1, -0.05) is 48.5 Å². The molecule has 1 heterocycles. The normalized spacial score (nSPS) is 14.4. The van der Waals surface area contributed by atoms with Crippen molar-refractivity contribution in [2.75, 3.05) is 6.54 Å². The number of para-hydroxylation sites is 1. The summed E-state index contributed by atoms with van der Waals surface area (Å²) in [7, 11) is 0. The van der Waals surface area contributed by atoms with Crippen LogP contribution < -0.4 is 20.7 Å². The molecule has 0 radical (unpaired) electrons. The first kappa shape index (κ1) is 20.1. The third-order valence-corrected chi connectivity index (χ3v) is 4.27. The molecule has 0 fully saturated rings. The molecule has 4 N–H and O–H groups in total. The summed E-state index contributed by atoms with van der Waals surface area (Å²) in [5.74, 6) is 2.32. The standard InChI is InChI=1S/C22H19NO3.CH3NO/c24-23-15-18-13-17-14-20(25-19-9-5-2-6-10-19)11-12-21(17)26-22(18)16-7-3-1-4-8-16;2-1-3/h1-14,22-24H,15H2;1H,(H2,2,3). The molecule has 148 valence electrons. The van der Waals surface area contributed by atoms with E-state index in [2.05, 4.69) is 11.2 Å². The van der Waals surface area contributed by atoms with Crippen molar-refractivity contribution in [3.8, 4) is 17.2 Å². The van der Waals surface area contributed by atoms with Gasteiger partial charge >= 0.3 is 0 Å². The van der Waals surface area contributed by atoms with Crippen LogP contribution in [0.1, 0.15) is 17.2 Å². The van der Waals surface area contributed by atoms with Crippen LogP contribution >= 0.6 is 0 Å². The first-order valence-electron chi connectivity index (χ1n) is 9.06. The van der Waals surface area contributed by atoms with E-state index < -0.39 is 0 Å². The minimum absolute atomic E-state index is 0.232. The van der Waals surface area contributed by atoms with Crippen molar-refractivity contribution >= 4 is 12.5 Å². The Hall–Kier alpha value is -3.61. The van der Waals surface area contributed by atoms with E-state index in [0.717, 1.165) is 33.9 Å². The van der Waals surface area contributed by atoms with E-state index in [4.69, 9.17) is 14.3 Å². The van der Waals surface area contributed by atoms with Crippen molar-refractivity contribution in [2.24, 2.45) is 5.73 Å². The summed E-state index contributed by atoms with van der Waals surface area (Å²) in [6.07, 6.45) is 2.06. The van der Waals surface area contributed by atoms with Gasteiger partial charge in [0.25, 0.3) is 0 Å². The first-order valence-corrected chi connectivity index (χ1v) is 9.06. The van der Waals surface area contributed by atoms with Crippen LogP contribution in [0.15, 0.2) is 84.4 Å². The average Bonchev–Trinajstić information content (AvgIpc) is 2.75. The van der Waals surface area contributed by atoms with Crippen LogP contribution in [0, 0.1) is 0 Å². The van der Waals surface area contributed by atoms with Crippen LogP contribution in [0.5, 0.6) is 17.2 Å². The van der Waals surface area contributed by atoms with Gasteiger partial charge in [-0.25, -0.2) is 5.48 Å². The second-order valence-corrected chi connectivity index (χ2v) is 6.21. The van der Waals surface area contributed by atoms with Crippen LogP contribution in [0.3, 0.4) is 0 Å². The quantitative estimate of drug-likeness (QED) is 0.451. The molecule has 1 atom stereocenters. The molecule has 0 saturated heterocycles. The molecule has 0 aromatic heterocycles. The lowest BCUT2D eigenvalue weighted by Gasteiger charge is -2.28. The lowest BCUT2D eigenvalue weighted by Crippen LogP contribution is -2.22. The Morgan fingerprint density at radius 3 is 2.31 bits per heavy atom. The fourth-order valence-corrected chi connectivity index (χ4v) is 3.06. The summed E-state index contributed by atoms with van der Waals surface area (Å²) in [6, 6.07) is 25.4. The average molecular weight is 390 g/mol. The number of nitrogens with two attached hydrogens (primary N) is 1. The Morgan fingerprint density at radius 1 is 1.00 bits per heavy atom. The molecule has 0 bridgehead atoms. The van der Waals surface area contributed by atoms with Crippen molar-refractivity contribution < 1.29 is 19.5 Å². The first-order chi connectivity index (χ1) is 14.2. The number of carbonyl (C=O) groups excluding carboxylic acids is 1. The number of hydrogen-bond acceptors (Lipinski definition) is 5. The number of nitrogens with one attached hydrogen (secondary N) is 1. The van der Waals surface area contributed by atoms with Crippen molar-refractivity contribution in [1.29, 1.82) is 0 Å². The van der Waals surface area contributed by atoms with E-state index in [9.17, 15) is 5.21 Å². The SMILES string of the molecule is NC=O.ONCC1=Cc2cc(Oc3ccccc3)ccc2OC1c1ccccc1. The van der Waals surface area contributed by atoms with Crippen molar-refractivity contribution in [1.82, 2.24) is 5.48 Å². The minimum Gasteiger partial charge on any atom is -0.481 e. The second kappa shape index (κ2) is 10.1. The summed E-state index contributed by atoms with van der Waals surface area (Å²) in [5, 5.41) is 9.21. The summed E-state index contributed by atoms with van der Waals surface area (Å²) >= 11 is 0. The summed E-state index contributed by atoms with van der Waals surface area (Å²) in [5.41, 5.74) is 9.33. The maximum atomic E-state index is 9.21. The van der Waals surface area contributed by atoms with E-state index in [1.165, 1.54) is 0 Å². The second-order valence-electron chi connectivity index (χ2n) is 6.21. The van der Waals surface area contributed by atoms with Crippen molar-refractivity contribution in [2.45, 2.75) is 6.10 Å².